The molecule has 142 valence electrons. The number of aliphatic hydroxyl groups excluding tert-OH is 1. The summed E-state index contributed by atoms with van der Waals surface area (Å²) in [6.45, 7) is 2.53. The fourth-order valence-electron chi connectivity index (χ4n) is 3.31. The molecule has 1 atom stereocenters. The molecule has 1 aliphatic rings. The summed E-state index contributed by atoms with van der Waals surface area (Å²) >= 11 is 5.92. The number of rotatable bonds is 4. The molecule has 3 N–H and O–H groups in total. The lowest BCUT2D eigenvalue weighted by atomic mass is 9.83. The SMILES string of the molecule is Cn1nc(Cl)cc1Nc1nccc(-c2cc(C#N)c3c(c2)[C@@](C)(CO)CN3)n1. The standard InChI is InChI=1S/C19H18ClN7O/c1-19(10-28)9-23-17-12(8-21)5-11(6-13(17)19)14-3-4-22-18(24-14)25-16-7-15(20)26-27(16)2/h3-7,23,28H,9-10H2,1-2H3,(H,22,24,25)/t19-/m1/s1. The van der Waals surface area contributed by atoms with Crippen molar-refractivity contribution in [3.63, 3.8) is 0 Å². The van der Waals surface area contributed by atoms with Gasteiger partial charge >= 0.3 is 0 Å². The van der Waals surface area contributed by atoms with Crippen LogP contribution in [0.1, 0.15) is 18.1 Å². The maximum absolute atomic E-state index is 9.86. The Hall–Kier alpha value is -3.15. The molecule has 0 radical (unpaired) electrons. The zero-order valence-corrected chi connectivity index (χ0v) is 16.1. The Labute approximate surface area is 166 Å². The Morgan fingerprint density at radius 3 is 2.93 bits per heavy atom. The van der Waals surface area contributed by atoms with E-state index in [0.717, 1.165) is 16.8 Å². The Bertz CT molecular complexity index is 1100. The molecule has 4 rings (SSSR count). The topological polar surface area (TPSA) is 112 Å². The largest absolute Gasteiger partial charge is 0.395 e. The first-order chi connectivity index (χ1) is 13.4. The summed E-state index contributed by atoms with van der Waals surface area (Å²) in [5.74, 6) is 1.05. The molecule has 1 aliphatic heterocycles. The highest BCUT2D eigenvalue weighted by Crippen LogP contribution is 2.41. The van der Waals surface area contributed by atoms with E-state index in [1.54, 1.807) is 36.1 Å². The molecule has 0 amide bonds. The monoisotopic (exact) mass is 395 g/mol. The molecular weight excluding hydrogens is 378 g/mol. The van der Waals surface area contributed by atoms with Gasteiger partial charge in [0.05, 0.1) is 23.6 Å². The number of hydrogen-bond donors (Lipinski definition) is 3. The molecule has 0 unspecified atom stereocenters. The third-order valence-corrected chi connectivity index (χ3v) is 5.14. The van der Waals surface area contributed by atoms with Crippen LogP contribution in [0.5, 0.6) is 0 Å². The van der Waals surface area contributed by atoms with Crippen LogP contribution in [0.4, 0.5) is 17.5 Å². The van der Waals surface area contributed by atoms with Crippen LogP contribution in [0.15, 0.2) is 30.5 Å². The minimum Gasteiger partial charge on any atom is -0.395 e. The molecule has 0 saturated carbocycles. The van der Waals surface area contributed by atoms with E-state index in [2.05, 4.69) is 31.8 Å². The van der Waals surface area contributed by atoms with Gasteiger partial charge < -0.3 is 15.7 Å². The predicted molar refractivity (Wildman–Crippen MR) is 107 cm³/mol. The molecule has 0 bridgehead atoms. The first-order valence-corrected chi connectivity index (χ1v) is 9.04. The minimum atomic E-state index is -0.448. The van der Waals surface area contributed by atoms with Gasteiger partial charge in [-0.3, -0.25) is 4.68 Å². The molecule has 0 fully saturated rings. The molecule has 3 heterocycles. The summed E-state index contributed by atoms with van der Waals surface area (Å²) in [5.41, 5.74) is 3.22. The Morgan fingerprint density at radius 2 is 2.25 bits per heavy atom. The molecule has 1 aromatic carbocycles. The average molecular weight is 396 g/mol. The van der Waals surface area contributed by atoms with Crippen molar-refractivity contribution in [1.82, 2.24) is 19.7 Å². The average Bonchev–Trinajstić information content (AvgIpc) is 3.20. The quantitative estimate of drug-likeness (QED) is 0.622. The molecule has 2 aromatic heterocycles. The van der Waals surface area contributed by atoms with E-state index in [4.69, 9.17) is 11.6 Å². The summed E-state index contributed by atoms with van der Waals surface area (Å²) in [6.07, 6.45) is 1.64. The van der Waals surface area contributed by atoms with Crippen molar-refractivity contribution in [2.24, 2.45) is 7.05 Å². The number of fused-ring (bicyclic) bond motifs is 1. The number of aryl methyl sites for hydroxylation is 1. The van der Waals surface area contributed by atoms with Gasteiger partial charge in [-0.05, 0) is 23.8 Å². The van der Waals surface area contributed by atoms with Crippen molar-refractivity contribution in [2.45, 2.75) is 12.3 Å². The zero-order valence-electron chi connectivity index (χ0n) is 15.4. The van der Waals surface area contributed by atoms with Crippen LogP contribution >= 0.6 is 11.6 Å². The highest BCUT2D eigenvalue weighted by molar-refractivity contribution is 6.29. The van der Waals surface area contributed by atoms with E-state index in [1.165, 1.54) is 0 Å². The maximum atomic E-state index is 9.86. The first kappa shape index (κ1) is 18.2. The minimum absolute atomic E-state index is 0.0147. The van der Waals surface area contributed by atoms with E-state index in [9.17, 15) is 10.4 Å². The normalized spacial score (nSPS) is 17.7. The molecule has 0 spiro atoms. The lowest BCUT2D eigenvalue weighted by Crippen LogP contribution is -2.28. The van der Waals surface area contributed by atoms with Gasteiger partial charge in [-0.1, -0.05) is 18.5 Å². The van der Waals surface area contributed by atoms with Gasteiger partial charge in [0.25, 0.3) is 0 Å². The van der Waals surface area contributed by atoms with Crippen LogP contribution in [-0.2, 0) is 12.5 Å². The predicted octanol–water partition coefficient (Wildman–Crippen LogP) is 2.82. The maximum Gasteiger partial charge on any atom is 0.228 e. The number of halogens is 1. The fraction of sp³-hybridized carbons (Fsp3) is 0.263. The molecular formula is C19H18ClN7O. The Morgan fingerprint density at radius 1 is 1.43 bits per heavy atom. The van der Waals surface area contributed by atoms with Crippen LogP contribution in [0, 0.1) is 11.3 Å². The van der Waals surface area contributed by atoms with Crippen LogP contribution in [-0.4, -0.2) is 38.0 Å². The molecule has 28 heavy (non-hydrogen) atoms. The van der Waals surface area contributed by atoms with Crippen molar-refractivity contribution in [3.8, 4) is 17.3 Å². The van der Waals surface area contributed by atoms with Gasteiger partial charge in [-0.15, -0.1) is 0 Å². The van der Waals surface area contributed by atoms with Crippen molar-refractivity contribution < 1.29 is 5.11 Å². The first-order valence-electron chi connectivity index (χ1n) is 8.67. The molecule has 0 saturated heterocycles. The lowest BCUT2D eigenvalue weighted by molar-refractivity contribution is 0.219. The van der Waals surface area contributed by atoms with E-state index in [1.807, 2.05) is 13.0 Å². The number of hydrogen-bond acceptors (Lipinski definition) is 7. The number of benzene rings is 1. The highest BCUT2D eigenvalue weighted by atomic mass is 35.5. The van der Waals surface area contributed by atoms with Crippen LogP contribution < -0.4 is 10.6 Å². The van der Waals surface area contributed by atoms with Gasteiger partial charge in [0, 0.05) is 36.8 Å². The molecule has 9 heteroatoms. The summed E-state index contributed by atoms with van der Waals surface area (Å²) < 4.78 is 1.60. The Balaban J connectivity index is 1.75. The fourth-order valence-corrected chi connectivity index (χ4v) is 3.52. The number of nitriles is 1. The number of aromatic nitrogens is 4. The lowest BCUT2D eigenvalue weighted by Gasteiger charge is -2.21. The van der Waals surface area contributed by atoms with E-state index < -0.39 is 5.41 Å². The second-order valence-corrected chi connectivity index (χ2v) is 7.38. The van der Waals surface area contributed by atoms with E-state index >= 15 is 0 Å². The smallest absolute Gasteiger partial charge is 0.228 e. The second kappa shape index (κ2) is 6.78. The second-order valence-electron chi connectivity index (χ2n) is 7.00. The van der Waals surface area contributed by atoms with Gasteiger partial charge in [0.1, 0.15) is 11.9 Å². The molecule has 0 aliphatic carbocycles. The van der Waals surface area contributed by atoms with E-state index in [-0.39, 0.29) is 6.61 Å². The van der Waals surface area contributed by atoms with Gasteiger partial charge in [0.2, 0.25) is 5.95 Å². The molecule has 8 nitrogen and oxygen atoms in total. The number of nitrogens with one attached hydrogen (secondary N) is 2. The summed E-state index contributed by atoms with van der Waals surface area (Å²) in [6, 6.07) is 9.46. The molecule has 3 aromatic rings. The number of nitrogens with zero attached hydrogens (tertiary/aromatic N) is 5. The van der Waals surface area contributed by atoms with Crippen molar-refractivity contribution >= 4 is 29.1 Å². The number of aliphatic hydroxyl groups is 1. The zero-order chi connectivity index (χ0) is 19.9. The van der Waals surface area contributed by atoms with E-state index in [0.29, 0.717) is 34.7 Å². The Kier molecular flexibility index (Phi) is 4.41. The summed E-state index contributed by atoms with van der Waals surface area (Å²) in [7, 11) is 1.76. The van der Waals surface area contributed by atoms with Gasteiger partial charge in [-0.2, -0.15) is 10.4 Å². The summed E-state index contributed by atoms with van der Waals surface area (Å²) in [4.78, 5) is 8.81. The third-order valence-electron chi connectivity index (χ3n) is 4.95. The van der Waals surface area contributed by atoms with Crippen LogP contribution in [0.3, 0.4) is 0 Å². The van der Waals surface area contributed by atoms with Crippen molar-refractivity contribution in [2.75, 3.05) is 23.8 Å². The highest BCUT2D eigenvalue weighted by Gasteiger charge is 2.35. The number of anilines is 3. The summed E-state index contributed by atoms with van der Waals surface area (Å²) in [5, 5.41) is 30.2. The van der Waals surface area contributed by atoms with Gasteiger partial charge in [0.15, 0.2) is 5.15 Å². The van der Waals surface area contributed by atoms with Crippen molar-refractivity contribution in [3.05, 3.63) is 46.7 Å². The van der Waals surface area contributed by atoms with Gasteiger partial charge in [-0.25, -0.2) is 9.97 Å². The van der Waals surface area contributed by atoms with Crippen LogP contribution in [0.25, 0.3) is 11.3 Å². The van der Waals surface area contributed by atoms with Crippen molar-refractivity contribution in [1.29, 1.82) is 5.26 Å². The van der Waals surface area contributed by atoms with Crippen LogP contribution in [0.2, 0.25) is 5.15 Å². The third kappa shape index (κ3) is 3.05.